The Kier molecular flexibility index (Phi) is 4.35. The summed E-state index contributed by atoms with van der Waals surface area (Å²) in [6, 6.07) is 11.8. The highest BCUT2D eigenvalue weighted by Gasteiger charge is 2.26. The van der Waals surface area contributed by atoms with Crippen LogP contribution in [0.2, 0.25) is 0 Å². The number of carbonyl (C=O) groups excluding carboxylic acids is 1. The van der Waals surface area contributed by atoms with Gasteiger partial charge in [-0.2, -0.15) is 5.10 Å². The minimum Gasteiger partial charge on any atom is -0.345 e. The standard InChI is InChI=1S/C24H21FN4O/c1-14-7-8-29-23(9-14)19(12-27-29)24(30)28-21-6-4-16-11-17(3-5-18(16)21)22-10-15(2)20(25)13-26-22/h3,5,7-13,21H,4,6H2,1-2H3,(H,28,30)/t21-/m1/s1. The number of nitrogens with one attached hydrogen (secondary N) is 1. The SMILES string of the molecule is Cc1ccn2ncc(C(=O)N[C@@H]3CCc4cc(-c5cc(C)c(F)cn5)ccc43)c2c1. The molecule has 5 nitrogen and oxygen atoms in total. The second-order valence-electron chi connectivity index (χ2n) is 7.89. The molecule has 4 aromatic rings. The lowest BCUT2D eigenvalue weighted by atomic mass is 10.0. The van der Waals surface area contributed by atoms with Crippen LogP contribution in [0.5, 0.6) is 0 Å². The molecule has 0 radical (unpaired) electrons. The lowest BCUT2D eigenvalue weighted by Gasteiger charge is -2.14. The molecule has 0 spiro atoms. The summed E-state index contributed by atoms with van der Waals surface area (Å²) in [4.78, 5) is 17.2. The summed E-state index contributed by atoms with van der Waals surface area (Å²) in [7, 11) is 0. The number of hydrogen-bond donors (Lipinski definition) is 1. The van der Waals surface area contributed by atoms with E-state index in [0.29, 0.717) is 11.1 Å². The first-order valence-electron chi connectivity index (χ1n) is 10.00. The molecule has 0 aliphatic heterocycles. The van der Waals surface area contributed by atoms with Gasteiger partial charge in [0.05, 0.1) is 35.2 Å². The molecule has 0 unspecified atom stereocenters. The number of carbonyl (C=O) groups is 1. The highest BCUT2D eigenvalue weighted by molar-refractivity contribution is 6.00. The summed E-state index contributed by atoms with van der Waals surface area (Å²) in [5, 5.41) is 7.45. The first kappa shape index (κ1) is 18.5. The number of halogens is 1. The minimum atomic E-state index is -0.300. The van der Waals surface area contributed by atoms with E-state index >= 15 is 0 Å². The van der Waals surface area contributed by atoms with E-state index in [9.17, 15) is 9.18 Å². The van der Waals surface area contributed by atoms with Gasteiger partial charge in [0.2, 0.25) is 0 Å². The predicted octanol–water partition coefficient (Wildman–Crippen LogP) is 4.57. The zero-order valence-electron chi connectivity index (χ0n) is 16.8. The van der Waals surface area contributed by atoms with E-state index in [1.807, 2.05) is 37.4 Å². The van der Waals surface area contributed by atoms with Gasteiger partial charge in [-0.1, -0.05) is 12.1 Å². The van der Waals surface area contributed by atoms with Crippen LogP contribution in [0.15, 0.2) is 55.0 Å². The van der Waals surface area contributed by atoms with Crippen molar-refractivity contribution in [2.75, 3.05) is 0 Å². The normalized spacial score (nSPS) is 15.4. The van der Waals surface area contributed by atoms with Crippen molar-refractivity contribution in [3.63, 3.8) is 0 Å². The van der Waals surface area contributed by atoms with Crippen LogP contribution in [0.1, 0.15) is 45.1 Å². The Morgan fingerprint density at radius 1 is 1.17 bits per heavy atom. The molecular formula is C24H21FN4O. The van der Waals surface area contributed by atoms with Gasteiger partial charge in [0, 0.05) is 11.8 Å². The first-order valence-corrected chi connectivity index (χ1v) is 10.00. The zero-order valence-corrected chi connectivity index (χ0v) is 16.8. The van der Waals surface area contributed by atoms with Crippen LogP contribution in [-0.4, -0.2) is 20.5 Å². The topological polar surface area (TPSA) is 59.3 Å². The highest BCUT2D eigenvalue weighted by Crippen LogP contribution is 2.34. The van der Waals surface area contributed by atoms with Crippen molar-refractivity contribution >= 4 is 11.4 Å². The van der Waals surface area contributed by atoms with Crippen LogP contribution >= 0.6 is 0 Å². The van der Waals surface area contributed by atoms with Gasteiger partial charge >= 0.3 is 0 Å². The predicted molar refractivity (Wildman–Crippen MR) is 113 cm³/mol. The molecule has 5 rings (SSSR count). The summed E-state index contributed by atoms with van der Waals surface area (Å²) in [5.41, 5.74) is 7.08. The van der Waals surface area contributed by atoms with E-state index in [4.69, 9.17) is 0 Å². The van der Waals surface area contributed by atoms with Crippen molar-refractivity contribution in [2.45, 2.75) is 32.7 Å². The van der Waals surface area contributed by atoms with Gasteiger partial charge in [0.25, 0.3) is 5.91 Å². The van der Waals surface area contributed by atoms with E-state index in [1.165, 1.54) is 11.8 Å². The Hall–Kier alpha value is -3.54. The van der Waals surface area contributed by atoms with Gasteiger partial charge in [-0.15, -0.1) is 0 Å². The lowest BCUT2D eigenvalue weighted by molar-refractivity contribution is 0.0938. The molecule has 3 heterocycles. The van der Waals surface area contributed by atoms with Gasteiger partial charge < -0.3 is 5.32 Å². The number of benzene rings is 1. The molecule has 0 saturated heterocycles. The summed E-state index contributed by atoms with van der Waals surface area (Å²) < 4.78 is 15.3. The van der Waals surface area contributed by atoms with Crippen LogP contribution in [0.3, 0.4) is 0 Å². The number of amides is 1. The van der Waals surface area contributed by atoms with Gasteiger partial charge in [-0.3, -0.25) is 9.78 Å². The number of hydrogen-bond acceptors (Lipinski definition) is 3. The van der Waals surface area contributed by atoms with Crippen molar-refractivity contribution in [1.29, 1.82) is 0 Å². The third-order valence-corrected chi connectivity index (χ3v) is 5.79. The van der Waals surface area contributed by atoms with E-state index in [1.54, 1.807) is 23.7 Å². The average molecular weight is 400 g/mol. The van der Waals surface area contributed by atoms with Crippen molar-refractivity contribution in [1.82, 2.24) is 19.9 Å². The van der Waals surface area contributed by atoms with Gasteiger partial charge in [0.1, 0.15) is 5.82 Å². The number of fused-ring (bicyclic) bond motifs is 2. The van der Waals surface area contributed by atoms with Gasteiger partial charge in [0.15, 0.2) is 0 Å². The van der Waals surface area contributed by atoms with Crippen LogP contribution in [-0.2, 0) is 6.42 Å². The lowest BCUT2D eigenvalue weighted by Crippen LogP contribution is -2.27. The molecule has 1 atom stereocenters. The average Bonchev–Trinajstić information content (AvgIpc) is 3.33. The summed E-state index contributed by atoms with van der Waals surface area (Å²) in [6.45, 7) is 3.73. The van der Waals surface area contributed by atoms with E-state index in [0.717, 1.165) is 40.7 Å². The van der Waals surface area contributed by atoms with Crippen LogP contribution in [0.25, 0.3) is 16.8 Å². The van der Waals surface area contributed by atoms with Gasteiger partial charge in [-0.25, -0.2) is 8.91 Å². The Balaban J connectivity index is 1.40. The fraction of sp³-hybridized carbons (Fsp3) is 0.208. The van der Waals surface area contributed by atoms with Crippen molar-refractivity contribution in [3.8, 4) is 11.3 Å². The second kappa shape index (κ2) is 7.06. The molecule has 1 amide bonds. The van der Waals surface area contributed by atoms with Crippen molar-refractivity contribution < 1.29 is 9.18 Å². The fourth-order valence-corrected chi connectivity index (χ4v) is 4.12. The van der Waals surface area contributed by atoms with Crippen LogP contribution < -0.4 is 5.32 Å². The minimum absolute atomic E-state index is 0.0378. The molecule has 0 bridgehead atoms. The molecular weight excluding hydrogens is 379 g/mol. The molecule has 0 saturated carbocycles. The Bertz CT molecular complexity index is 1290. The molecule has 30 heavy (non-hydrogen) atoms. The molecule has 6 heteroatoms. The van der Waals surface area contributed by atoms with Crippen molar-refractivity contribution in [2.24, 2.45) is 0 Å². The molecule has 1 aromatic carbocycles. The van der Waals surface area contributed by atoms with Crippen LogP contribution in [0, 0.1) is 19.7 Å². The Morgan fingerprint density at radius 2 is 2.03 bits per heavy atom. The molecule has 150 valence electrons. The third kappa shape index (κ3) is 3.14. The van der Waals surface area contributed by atoms with E-state index < -0.39 is 0 Å². The largest absolute Gasteiger partial charge is 0.345 e. The fourth-order valence-electron chi connectivity index (χ4n) is 4.12. The maximum absolute atomic E-state index is 13.5. The molecule has 1 aliphatic carbocycles. The second-order valence-corrected chi connectivity index (χ2v) is 7.89. The molecule has 1 aliphatic rings. The monoisotopic (exact) mass is 400 g/mol. The molecule has 0 fully saturated rings. The molecule has 1 N–H and O–H groups in total. The van der Waals surface area contributed by atoms with Gasteiger partial charge in [-0.05, 0) is 73.2 Å². The number of aryl methyl sites for hydroxylation is 3. The smallest absolute Gasteiger partial charge is 0.255 e. The summed E-state index contributed by atoms with van der Waals surface area (Å²) >= 11 is 0. The number of aromatic nitrogens is 3. The maximum atomic E-state index is 13.5. The highest BCUT2D eigenvalue weighted by atomic mass is 19.1. The zero-order chi connectivity index (χ0) is 20.8. The molecule has 3 aromatic heterocycles. The maximum Gasteiger partial charge on any atom is 0.255 e. The van der Waals surface area contributed by atoms with Crippen molar-refractivity contribution in [3.05, 3.63) is 88.6 Å². The summed E-state index contributed by atoms with van der Waals surface area (Å²) in [6.07, 6.45) is 6.46. The van der Waals surface area contributed by atoms with Crippen LogP contribution in [0.4, 0.5) is 4.39 Å². The quantitative estimate of drug-likeness (QED) is 0.548. The third-order valence-electron chi connectivity index (χ3n) is 5.79. The number of rotatable bonds is 3. The van der Waals surface area contributed by atoms with E-state index in [2.05, 4.69) is 21.5 Å². The summed E-state index contributed by atoms with van der Waals surface area (Å²) in [5.74, 6) is -0.418. The Morgan fingerprint density at radius 3 is 2.87 bits per heavy atom. The Labute approximate surface area is 173 Å². The number of nitrogens with zero attached hydrogens (tertiary/aromatic N) is 3. The number of pyridine rings is 2. The van der Waals surface area contributed by atoms with E-state index in [-0.39, 0.29) is 17.8 Å². The first-order chi connectivity index (χ1) is 14.5.